The summed E-state index contributed by atoms with van der Waals surface area (Å²) in [5.74, 6) is 0.766. The fraction of sp³-hybridized carbons (Fsp3) is 0.278. The first-order chi connectivity index (χ1) is 11.7. The van der Waals surface area contributed by atoms with Gasteiger partial charge in [0.2, 0.25) is 0 Å². The van der Waals surface area contributed by atoms with Crippen molar-refractivity contribution in [2.24, 2.45) is 0 Å². The van der Waals surface area contributed by atoms with Crippen LogP contribution in [0.15, 0.2) is 30.6 Å². The molecule has 5 rings (SSSR count). The molecular formula is C18H18N5S+. The van der Waals surface area contributed by atoms with Gasteiger partial charge in [-0.05, 0) is 12.5 Å². The lowest BCUT2D eigenvalue weighted by atomic mass is 10.1. The van der Waals surface area contributed by atoms with Gasteiger partial charge in [-0.2, -0.15) is 0 Å². The summed E-state index contributed by atoms with van der Waals surface area (Å²) in [6.07, 6.45) is 2.89. The van der Waals surface area contributed by atoms with Gasteiger partial charge in [0.25, 0.3) is 0 Å². The van der Waals surface area contributed by atoms with Crippen LogP contribution in [0, 0.1) is 6.92 Å². The van der Waals surface area contributed by atoms with Crippen molar-refractivity contribution < 1.29 is 4.90 Å². The zero-order chi connectivity index (χ0) is 16.3. The predicted molar refractivity (Wildman–Crippen MR) is 95.5 cm³/mol. The van der Waals surface area contributed by atoms with Crippen molar-refractivity contribution >= 4 is 27.2 Å². The van der Waals surface area contributed by atoms with Gasteiger partial charge in [0.05, 0.1) is 23.9 Å². The smallest absolute Gasteiger partial charge is 0.182 e. The van der Waals surface area contributed by atoms with Crippen molar-refractivity contribution in [3.63, 3.8) is 0 Å². The van der Waals surface area contributed by atoms with Gasteiger partial charge in [0, 0.05) is 12.0 Å². The number of nitrogens with zero attached hydrogens (tertiary/aromatic N) is 4. The molecule has 5 nitrogen and oxygen atoms in total. The minimum absolute atomic E-state index is 0.766. The third-order valence-electron chi connectivity index (χ3n) is 4.79. The van der Waals surface area contributed by atoms with Gasteiger partial charge in [-0.3, -0.25) is 0 Å². The van der Waals surface area contributed by atoms with Crippen LogP contribution in [0.2, 0.25) is 0 Å². The van der Waals surface area contributed by atoms with Gasteiger partial charge >= 0.3 is 0 Å². The SMILES string of the molecule is Cc1ccc(-c2nc3c4c5c(sc4ncn3n2)C[NH+](C)CC5)cc1. The summed E-state index contributed by atoms with van der Waals surface area (Å²) < 4.78 is 1.83. The van der Waals surface area contributed by atoms with Crippen molar-refractivity contribution in [2.75, 3.05) is 13.6 Å². The molecule has 24 heavy (non-hydrogen) atoms. The van der Waals surface area contributed by atoms with Crippen LogP contribution >= 0.6 is 11.3 Å². The molecule has 0 fully saturated rings. The first-order valence-corrected chi connectivity index (χ1v) is 9.04. The summed E-state index contributed by atoms with van der Waals surface area (Å²) >= 11 is 1.81. The number of likely N-dealkylation sites (N-methyl/N-ethyl adjacent to an activating group) is 1. The molecule has 0 aliphatic carbocycles. The van der Waals surface area contributed by atoms with Gasteiger partial charge in [0.1, 0.15) is 17.7 Å². The molecule has 0 radical (unpaired) electrons. The Bertz CT molecular complexity index is 1060. The molecule has 0 saturated carbocycles. The van der Waals surface area contributed by atoms with E-state index in [1.165, 1.54) is 27.9 Å². The number of rotatable bonds is 1. The van der Waals surface area contributed by atoms with E-state index in [0.29, 0.717) is 0 Å². The summed E-state index contributed by atoms with van der Waals surface area (Å²) in [6, 6.07) is 8.35. The molecule has 0 bridgehead atoms. The monoisotopic (exact) mass is 336 g/mol. The Morgan fingerprint density at radius 3 is 2.88 bits per heavy atom. The van der Waals surface area contributed by atoms with Crippen LogP contribution in [0.1, 0.15) is 16.0 Å². The molecule has 1 unspecified atom stereocenters. The summed E-state index contributed by atoms with van der Waals surface area (Å²) in [5.41, 5.74) is 4.66. The fourth-order valence-electron chi connectivity index (χ4n) is 3.43. The lowest BCUT2D eigenvalue weighted by molar-refractivity contribution is -0.895. The summed E-state index contributed by atoms with van der Waals surface area (Å²) in [4.78, 5) is 13.6. The van der Waals surface area contributed by atoms with Gasteiger partial charge < -0.3 is 4.90 Å². The third kappa shape index (κ3) is 2.07. The molecule has 0 amide bonds. The Balaban J connectivity index is 1.74. The quantitative estimate of drug-likeness (QED) is 0.577. The molecule has 0 spiro atoms. The molecule has 3 aromatic heterocycles. The van der Waals surface area contributed by atoms with Crippen LogP contribution in [-0.4, -0.2) is 33.2 Å². The molecule has 1 aliphatic heterocycles. The fourth-order valence-corrected chi connectivity index (χ4v) is 4.73. The first kappa shape index (κ1) is 14.1. The van der Waals surface area contributed by atoms with E-state index in [9.17, 15) is 0 Å². The molecule has 1 N–H and O–H groups in total. The molecule has 1 aliphatic rings. The highest BCUT2D eigenvalue weighted by Gasteiger charge is 2.24. The molecule has 6 heteroatoms. The van der Waals surface area contributed by atoms with Crippen LogP contribution in [0.25, 0.3) is 27.3 Å². The standard InChI is InChI=1S/C18H17N5S/c1-11-3-5-12(6-4-11)16-20-17-15-13-7-8-22(2)9-14(13)24-18(15)19-10-23(17)21-16/h3-6,10H,7-9H2,1-2H3/p+1. The maximum Gasteiger partial charge on any atom is 0.182 e. The Morgan fingerprint density at radius 2 is 2.04 bits per heavy atom. The number of hydrogen-bond donors (Lipinski definition) is 1. The maximum absolute atomic E-state index is 4.85. The second-order valence-corrected chi connectivity index (χ2v) is 7.72. The van der Waals surface area contributed by atoms with E-state index in [2.05, 4.69) is 48.3 Å². The highest BCUT2D eigenvalue weighted by Crippen LogP contribution is 2.33. The molecule has 1 atom stereocenters. The Kier molecular flexibility index (Phi) is 2.98. The van der Waals surface area contributed by atoms with E-state index in [0.717, 1.165) is 34.8 Å². The largest absolute Gasteiger partial charge is 0.333 e. The van der Waals surface area contributed by atoms with Crippen molar-refractivity contribution in [1.82, 2.24) is 19.6 Å². The van der Waals surface area contributed by atoms with E-state index in [4.69, 9.17) is 4.98 Å². The summed E-state index contributed by atoms with van der Waals surface area (Å²) in [6.45, 7) is 4.34. The van der Waals surface area contributed by atoms with Crippen LogP contribution in [0.5, 0.6) is 0 Å². The number of nitrogens with one attached hydrogen (secondary N) is 1. The Morgan fingerprint density at radius 1 is 1.21 bits per heavy atom. The van der Waals surface area contributed by atoms with E-state index in [1.54, 1.807) is 11.2 Å². The first-order valence-electron chi connectivity index (χ1n) is 8.23. The highest BCUT2D eigenvalue weighted by molar-refractivity contribution is 7.19. The zero-order valence-electron chi connectivity index (χ0n) is 13.7. The number of quaternary nitrogens is 1. The highest BCUT2D eigenvalue weighted by atomic mass is 32.1. The minimum Gasteiger partial charge on any atom is -0.333 e. The topological polar surface area (TPSA) is 47.5 Å². The summed E-state index contributed by atoms with van der Waals surface area (Å²) in [5, 5.41) is 5.85. The van der Waals surface area contributed by atoms with Gasteiger partial charge in [0.15, 0.2) is 11.5 Å². The normalized spacial score (nSPS) is 17.5. The number of thiophene rings is 1. The van der Waals surface area contributed by atoms with E-state index < -0.39 is 0 Å². The van der Waals surface area contributed by atoms with Crippen molar-refractivity contribution in [2.45, 2.75) is 19.9 Å². The second kappa shape index (κ2) is 5.09. The van der Waals surface area contributed by atoms with Crippen LogP contribution < -0.4 is 4.90 Å². The van der Waals surface area contributed by atoms with Gasteiger partial charge in [-0.25, -0.2) is 14.5 Å². The summed E-state index contributed by atoms with van der Waals surface area (Å²) in [7, 11) is 2.25. The molecule has 0 saturated heterocycles. The van der Waals surface area contributed by atoms with Crippen molar-refractivity contribution in [3.05, 3.63) is 46.6 Å². The average Bonchev–Trinajstić information content (AvgIpc) is 3.15. The lowest BCUT2D eigenvalue weighted by Gasteiger charge is -2.19. The molecule has 120 valence electrons. The minimum atomic E-state index is 0.766. The van der Waals surface area contributed by atoms with Gasteiger partial charge in [-0.1, -0.05) is 29.8 Å². The van der Waals surface area contributed by atoms with Gasteiger partial charge in [-0.15, -0.1) is 16.4 Å². The Labute approximate surface area is 143 Å². The molecule has 4 aromatic rings. The maximum atomic E-state index is 4.85. The lowest BCUT2D eigenvalue weighted by Crippen LogP contribution is -3.08. The van der Waals surface area contributed by atoms with E-state index in [1.807, 2.05) is 15.9 Å². The number of benzene rings is 1. The molecule has 4 heterocycles. The number of aryl methyl sites for hydroxylation is 1. The average molecular weight is 336 g/mol. The van der Waals surface area contributed by atoms with Crippen molar-refractivity contribution in [1.29, 1.82) is 0 Å². The number of hydrogen-bond acceptors (Lipinski definition) is 4. The van der Waals surface area contributed by atoms with Crippen molar-refractivity contribution in [3.8, 4) is 11.4 Å². The predicted octanol–water partition coefficient (Wildman–Crippen LogP) is 1.89. The van der Waals surface area contributed by atoms with Crippen LogP contribution in [-0.2, 0) is 13.0 Å². The Hall–Kier alpha value is -2.31. The zero-order valence-corrected chi connectivity index (χ0v) is 14.5. The third-order valence-corrected chi connectivity index (χ3v) is 5.93. The van der Waals surface area contributed by atoms with Crippen LogP contribution in [0.3, 0.4) is 0 Å². The molecular weight excluding hydrogens is 318 g/mol. The number of fused-ring (bicyclic) bond motifs is 5. The second-order valence-electron chi connectivity index (χ2n) is 6.63. The number of aromatic nitrogens is 4. The van der Waals surface area contributed by atoms with E-state index in [-0.39, 0.29) is 0 Å². The molecule has 1 aromatic carbocycles. The van der Waals surface area contributed by atoms with E-state index >= 15 is 0 Å². The van der Waals surface area contributed by atoms with Crippen LogP contribution in [0.4, 0.5) is 0 Å².